The molecule has 0 atom stereocenters. The summed E-state index contributed by atoms with van der Waals surface area (Å²) in [7, 11) is 0. The highest BCUT2D eigenvalue weighted by Crippen LogP contribution is 2.40. The van der Waals surface area contributed by atoms with Gasteiger partial charge in [0.2, 0.25) is 5.89 Å². The summed E-state index contributed by atoms with van der Waals surface area (Å²) in [6.45, 7) is 0. The van der Waals surface area contributed by atoms with Crippen LogP contribution in [-0.2, 0) is 0 Å². The van der Waals surface area contributed by atoms with Gasteiger partial charge in [0.1, 0.15) is 5.52 Å². The highest BCUT2D eigenvalue weighted by atomic mass is 35.5. The van der Waals surface area contributed by atoms with Crippen LogP contribution in [0.25, 0.3) is 54.9 Å². The number of rotatable bonds is 1. The zero-order valence-corrected chi connectivity index (χ0v) is 15.6. The van der Waals surface area contributed by atoms with Crippen molar-refractivity contribution in [2.75, 3.05) is 0 Å². The van der Waals surface area contributed by atoms with Crippen molar-refractivity contribution in [2.45, 2.75) is 0 Å². The first kappa shape index (κ1) is 15.7. The predicted molar refractivity (Wildman–Crippen MR) is 117 cm³/mol. The molecule has 5 aromatic carbocycles. The van der Waals surface area contributed by atoms with Gasteiger partial charge in [0.15, 0.2) is 5.58 Å². The van der Waals surface area contributed by atoms with Crippen molar-refractivity contribution < 1.29 is 4.42 Å². The molecule has 0 amide bonds. The number of fused-ring (bicyclic) bond motifs is 7. The van der Waals surface area contributed by atoms with Crippen LogP contribution in [0.2, 0.25) is 5.02 Å². The molecule has 0 aliphatic rings. The zero-order valence-electron chi connectivity index (χ0n) is 14.8. The lowest BCUT2D eigenvalue weighted by molar-refractivity contribution is 0.620. The molecule has 0 aliphatic carbocycles. The van der Waals surface area contributed by atoms with E-state index in [2.05, 4.69) is 36.4 Å². The first-order valence-electron chi connectivity index (χ1n) is 9.18. The Morgan fingerprint density at radius 3 is 2.36 bits per heavy atom. The quantitative estimate of drug-likeness (QED) is 0.275. The zero-order chi connectivity index (χ0) is 18.7. The maximum Gasteiger partial charge on any atom is 0.227 e. The molecular weight excluding hydrogens is 366 g/mol. The van der Waals surface area contributed by atoms with Crippen molar-refractivity contribution in [2.24, 2.45) is 0 Å². The first-order valence-corrected chi connectivity index (χ1v) is 9.56. The summed E-state index contributed by atoms with van der Waals surface area (Å²) in [4.78, 5) is 4.89. The van der Waals surface area contributed by atoms with Crippen molar-refractivity contribution in [1.29, 1.82) is 0 Å². The smallest absolute Gasteiger partial charge is 0.227 e. The van der Waals surface area contributed by atoms with Crippen LogP contribution in [0.3, 0.4) is 0 Å². The Kier molecular flexibility index (Phi) is 3.26. The second kappa shape index (κ2) is 5.82. The van der Waals surface area contributed by atoms with Crippen LogP contribution in [0.4, 0.5) is 0 Å². The molecule has 0 unspecified atom stereocenters. The van der Waals surface area contributed by atoms with E-state index < -0.39 is 0 Å². The number of hydrogen-bond acceptors (Lipinski definition) is 2. The molecule has 0 radical (unpaired) electrons. The van der Waals surface area contributed by atoms with E-state index in [-0.39, 0.29) is 0 Å². The first-order chi connectivity index (χ1) is 13.8. The van der Waals surface area contributed by atoms with E-state index in [1.165, 1.54) is 5.39 Å². The van der Waals surface area contributed by atoms with Crippen LogP contribution >= 0.6 is 11.6 Å². The third kappa shape index (κ3) is 2.19. The Balaban J connectivity index is 1.84. The Bertz CT molecular complexity index is 1520. The van der Waals surface area contributed by atoms with E-state index in [1.807, 2.05) is 48.5 Å². The van der Waals surface area contributed by atoms with Gasteiger partial charge in [-0.1, -0.05) is 72.3 Å². The van der Waals surface area contributed by atoms with Gasteiger partial charge in [-0.05, 0) is 40.4 Å². The van der Waals surface area contributed by atoms with Crippen LogP contribution in [0.5, 0.6) is 0 Å². The Morgan fingerprint density at radius 2 is 1.46 bits per heavy atom. The molecule has 3 heteroatoms. The summed E-state index contributed by atoms with van der Waals surface area (Å²) in [6.07, 6.45) is 0. The average molecular weight is 380 g/mol. The SMILES string of the molecule is Clc1cc2ccccc2c2c1ccc1ccc3oc(-c4ccccc4)nc3c12. The molecule has 0 N–H and O–H groups in total. The minimum Gasteiger partial charge on any atom is -0.436 e. The lowest BCUT2D eigenvalue weighted by Gasteiger charge is -2.10. The van der Waals surface area contributed by atoms with E-state index in [4.69, 9.17) is 21.0 Å². The monoisotopic (exact) mass is 379 g/mol. The van der Waals surface area contributed by atoms with E-state index in [9.17, 15) is 0 Å². The van der Waals surface area contributed by atoms with E-state index in [1.54, 1.807) is 0 Å². The molecule has 0 saturated heterocycles. The van der Waals surface area contributed by atoms with Gasteiger partial charge >= 0.3 is 0 Å². The average Bonchev–Trinajstić information content (AvgIpc) is 3.18. The minimum atomic E-state index is 0.631. The van der Waals surface area contributed by atoms with Gasteiger partial charge < -0.3 is 4.42 Å². The number of aromatic nitrogens is 1. The molecule has 1 heterocycles. The molecule has 28 heavy (non-hydrogen) atoms. The highest BCUT2D eigenvalue weighted by molar-refractivity contribution is 6.40. The molecule has 0 aliphatic heterocycles. The molecule has 1 aromatic heterocycles. The van der Waals surface area contributed by atoms with Crippen LogP contribution in [-0.4, -0.2) is 4.98 Å². The standard InChI is InChI=1S/C25H14ClNO/c26-20-14-17-8-4-5-9-18(17)23-19(20)12-10-15-11-13-21-24(22(15)23)27-25(28-21)16-6-2-1-3-7-16/h1-14H. The molecular formula is C25H14ClNO. The summed E-state index contributed by atoms with van der Waals surface area (Å²) >= 11 is 6.64. The third-order valence-electron chi connectivity index (χ3n) is 5.33. The Labute approximate surface area is 166 Å². The van der Waals surface area contributed by atoms with E-state index in [0.717, 1.165) is 48.6 Å². The molecule has 0 fully saturated rings. The number of hydrogen-bond donors (Lipinski definition) is 0. The maximum absolute atomic E-state index is 6.64. The third-order valence-corrected chi connectivity index (χ3v) is 5.65. The molecule has 6 rings (SSSR count). The largest absolute Gasteiger partial charge is 0.436 e. The van der Waals surface area contributed by atoms with Gasteiger partial charge in [-0.2, -0.15) is 0 Å². The fourth-order valence-corrected chi connectivity index (χ4v) is 4.33. The topological polar surface area (TPSA) is 26.0 Å². The maximum atomic E-state index is 6.64. The summed E-state index contributed by atoms with van der Waals surface area (Å²) in [6, 6.07) is 28.6. The van der Waals surface area contributed by atoms with E-state index in [0.29, 0.717) is 5.89 Å². The summed E-state index contributed by atoms with van der Waals surface area (Å²) < 4.78 is 6.11. The fraction of sp³-hybridized carbons (Fsp3) is 0. The minimum absolute atomic E-state index is 0.631. The number of nitrogens with zero attached hydrogens (tertiary/aromatic N) is 1. The normalized spacial score (nSPS) is 11.8. The molecule has 6 aromatic rings. The second-order valence-electron chi connectivity index (χ2n) is 6.96. The van der Waals surface area contributed by atoms with Crippen molar-refractivity contribution in [3.05, 3.63) is 90.0 Å². The number of oxazole rings is 1. The van der Waals surface area contributed by atoms with Crippen molar-refractivity contribution in [3.8, 4) is 11.5 Å². The van der Waals surface area contributed by atoms with Crippen molar-refractivity contribution >= 4 is 55.0 Å². The summed E-state index contributed by atoms with van der Waals surface area (Å²) in [5, 5.41) is 7.41. The van der Waals surface area contributed by atoms with Gasteiger partial charge in [0.05, 0.1) is 0 Å². The highest BCUT2D eigenvalue weighted by Gasteiger charge is 2.15. The molecule has 0 spiro atoms. The lowest BCUT2D eigenvalue weighted by Crippen LogP contribution is -1.84. The van der Waals surface area contributed by atoms with Gasteiger partial charge in [0, 0.05) is 26.7 Å². The van der Waals surface area contributed by atoms with Crippen molar-refractivity contribution in [3.63, 3.8) is 0 Å². The summed E-state index contributed by atoms with van der Waals surface area (Å²) in [5.74, 6) is 0.631. The van der Waals surface area contributed by atoms with Crippen LogP contribution in [0, 0.1) is 0 Å². The van der Waals surface area contributed by atoms with Gasteiger partial charge in [-0.15, -0.1) is 0 Å². The van der Waals surface area contributed by atoms with Gasteiger partial charge in [0.25, 0.3) is 0 Å². The van der Waals surface area contributed by atoms with Crippen LogP contribution in [0.1, 0.15) is 0 Å². The molecule has 0 saturated carbocycles. The number of benzene rings is 5. The number of halogens is 1. The molecule has 132 valence electrons. The predicted octanol–water partition coefficient (Wildman–Crippen LogP) is 7.61. The second-order valence-corrected chi connectivity index (χ2v) is 7.37. The Hall–Kier alpha value is -3.36. The fourth-order valence-electron chi connectivity index (χ4n) is 4.05. The van der Waals surface area contributed by atoms with Gasteiger partial charge in [-0.25, -0.2) is 4.98 Å². The van der Waals surface area contributed by atoms with E-state index >= 15 is 0 Å². The van der Waals surface area contributed by atoms with Crippen LogP contribution < -0.4 is 0 Å². The lowest BCUT2D eigenvalue weighted by atomic mass is 9.96. The molecule has 2 nitrogen and oxygen atoms in total. The Morgan fingerprint density at radius 1 is 0.679 bits per heavy atom. The van der Waals surface area contributed by atoms with Gasteiger partial charge in [-0.3, -0.25) is 0 Å². The van der Waals surface area contributed by atoms with Crippen molar-refractivity contribution in [1.82, 2.24) is 4.98 Å². The summed E-state index contributed by atoms with van der Waals surface area (Å²) in [5.41, 5.74) is 2.62. The van der Waals surface area contributed by atoms with Crippen LogP contribution in [0.15, 0.2) is 89.3 Å². The molecule has 0 bridgehead atoms.